The molecule has 1 atom stereocenters. The predicted octanol–water partition coefficient (Wildman–Crippen LogP) is 4.57. The van der Waals surface area contributed by atoms with Crippen LogP contribution in [-0.2, 0) is 4.74 Å². The molecule has 0 bridgehead atoms. The van der Waals surface area contributed by atoms with Gasteiger partial charge in [-0.05, 0) is 18.6 Å². The Balaban J connectivity index is 1.71. The van der Waals surface area contributed by atoms with Gasteiger partial charge in [-0.3, -0.25) is 4.79 Å². The van der Waals surface area contributed by atoms with Gasteiger partial charge in [0, 0.05) is 24.0 Å². The highest BCUT2D eigenvalue weighted by Crippen LogP contribution is 2.30. The topological polar surface area (TPSA) is 42.4 Å². The molecule has 0 unspecified atom stereocenters. The molecule has 0 aliphatic carbocycles. The Hall–Kier alpha value is -1.28. The predicted molar refractivity (Wildman–Crippen MR) is 89.0 cm³/mol. The average Bonchev–Trinajstić information content (AvgIpc) is 3.18. The number of carbonyl (C=O) groups excluding carboxylic acids is 1. The van der Waals surface area contributed by atoms with Crippen LogP contribution >= 0.6 is 34.5 Å². The Kier molecular flexibility index (Phi) is 5.34. The van der Waals surface area contributed by atoms with Crippen molar-refractivity contribution in [3.8, 4) is 10.6 Å². The number of benzene rings is 1. The van der Waals surface area contributed by atoms with Crippen molar-refractivity contribution < 1.29 is 18.3 Å². The lowest BCUT2D eigenvalue weighted by Gasteiger charge is -2.15. The maximum Gasteiger partial charge on any atom is 0.345 e. The van der Waals surface area contributed by atoms with E-state index in [0.29, 0.717) is 28.0 Å². The molecule has 1 aromatic heterocycles. The average molecular weight is 393 g/mol. The molecule has 1 aromatic carbocycles. The van der Waals surface area contributed by atoms with Crippen LogP contribution < -0.4 is 0 Å². The second kappa shape index (κ2) is 7.31. The lowest BCUT2D eigenvalue weighted by atomic mass is 10.2. The summed E-state index contributed by atoms with van der Waals surface area (Å²) in [6.07, 6.45) is -0.248. The molecule has 1 aliphatic heterocycles. The van der Waals surface area contributed by atoms with Crippen molar-refractivity contribution in [2.75, 3.05) is 13.1 Å². The smallest absolute Gasteiger partial charge is 0.335 e. The van der Waals surface area contributed by atoms with Crippen LogP contribution in [0, 0.1) is 0 Å². The zero-order valence-corrected chi connectivity index (χ0v) is 14.5. The van der Waals surface area contributed by atoms with Crippen molar-refractivity contribution >= 4 is 40.4 Å². The zero-order valence-electron chi connectivity index (χ0n) is 12.2. The van der Waals surface area contributed by atoms with Gasteiger partial charge >= 0.3 is 6.61 Å². The number of nitrogens with zero attached hydrogens (tertiary/aromatic N) is 2. The fourth-order valence-corrected chi connectivity index (χ4v) is 3.55. The molecule has 24 heavy (non-hydrogen) atoms. The Bertz CT molecular complexity index is 757. The van der Waals surface area contributed by atoms with E-state index in [4.69, 9.17) is 23.2 Å². The first kappa shape index (κ1) is 17.5. The number of alkyl halides is 2. The van der Waals surface area contributed by atoms with Gasteiger partial charge in [0.1, 0.15) is 10.7 Å². The van der Waals surface area contributed by atoms with E-state index in [0.717, 1.165) is 5.56 Å². The van der Waals surface area contributed by atoms with Crippen LogP contribution in [0.5, 0.6) is 0 Å². The summed E-state index contributed by atoms with van der Waals surface area (Å²) in [7, 11) is 0. The first-order valence-corrected chi connectivity index (χ1v) is 8.71. The van der Waals surface area contributed by atoms with Crippen molar-refractivity contribution in [1.82, 2.24) is 9.88 Å². The molecule has 4 nitrogen and oxygen atoms in total. The summed E-state index contributed by atoms with van der Waals surface area (Å²) in [6, 6.07) is 5.11. The Morgan fingerprint density at radius 1 is 1.38 bits per heavy atom. The van der Waals surface area contributed by atoms with E-state index in [9.17, 15) is 13.6 Å². The van der Waals surface area contributed by atoms with Crippen molar-refractivity contribution in [2.24, 2.45) is 0 Å². The third-order valence-corrected chi connectivity index (χ3v) is 5.25. The number of thiazole rings is 1. The summed E-state index contributed by atoms with van der Waals surface area (Å²) in [4.78, 5) is 18.2. The largest absolute Gasteiger partial charge is 0.345 e. The molecule has 2 aromatic rings. The highest BCUT2D eigenvalue weighted by molar-refractivity contribution is 7.13. The van der Waals surface area contributed by atoms with E-state index in [1.807, 2.05) is 0 Å². The SMILES string of the molecule is O=C(c1csc(-c2ccc(Cl)c(Cl)c2)n1)N1CC[C@H](OC(F)F)C1. The third-order valence-electron chi connectivity index (χ3n) is 3.62. The van der Waals surface area contributed by atoms with Crippen LogP contribution in [-0.4, -0.2) is 41.6 Å². The van der Waals surface area contributed by atoms with E-state index < -0.39 is 12.7 Å². The third kappa shape index (κ3) is 3.85. The summed E-state index contributed by atoms with van der Waals surface area (Å²) in [6.45, 7) is -2.32. The van der Waals surface area contributed by atoms with E-state index in [1.54, 1.807) is 23.6 Å². The number of amides is 1. The van der Waals surface area contributed by atoms with Crippen LogP contribution in [0.25, 0.3) is 10.6 Å². The van der Waals surface area contributed by atoms with Crippen molar-refractivity contribution in [1.29, 1.82) is 0 Å². The summed E-state index contributed by atoms with van der Waals surface area (Å²) in [5.41, 5.74) is 1.03. The standard InChI is InChI=1S/C15H12Cl2F2N2O2S/c16-10-2-1-8(5-11(10)17)13-20-12(7-24-13)14(22)21-4-3-9(6-21)23-15(18)19/h1-2,5,7,9,15H,3-4,6H2/t9-/m0/s1. The fourth-order valence-electron chi connectivity index (χ4n) is 2.46. The quantitative estimate of drug-likeness (QED) is 0.764. The second-order valence-corrected chi connectivity index (χ2v) is 6.90. The highest BCUT2D eigenvalue weighted by Gasteiger charge is 2.30. The molecule has 1 fully saturated rings. The normalized spacial score (nSPS) is 17.7. The summed E-state index contributed by atoms with van der Waals surface area (Å²) >= 11 is 13.2. The van der Waals surface area contributed by atoms with Crippen LogP contribution in [0.2, 0.25) is 10.0 Å². The second-order valence-electron chi connectivity index (χ2n) is 5.23. The van der Waals surface area contributed by atoms with E-state index >= 15 is 0 Å². The summed E-state index contributed by atoms with van der Waals surface area (Å²) < 4.78 is 28.9. The molecular weight excluding hydrogens is 381 g/mol. The Morgan fingerprint density at radius 2 is 2.17 bits per heavy atom. The van der Waals surface area contributed by atoms with Crippen LogP contribution in [0.1, 0.15) is 16.9 Å². The highest BCUT2D eigenvalue weighted by atomic mass is 35.5. The zero-order chi connectivity index (χ0) is 17.3. The van der Waals surface area contributed by atoms with Gasteiger partial charge < -0.3 is 9.64 Å². The van der Waals surface area contributed by atoms with Crippen LogP contribution in [0.3, 0.4) is 0 Å². The summed E-state index contributed by atoms with van der Waals surface area (Å²) in [5, 5.41) is 3.12. The lowest BCUT2D eigenvalue weighted by molar-refractivity contribution is -0.158. The minimum Gasteiger partial charge on any atom is -0.335 e. The molecule has 1 amide bonds. The van der Waals surface area contributed by atoms with Crippen LogP contribution in [0.15, 0.2) is 23.6 Å². The van der Waals surface area contributed by atoms with Crippen LogP contribution in [0.4, 0.5) is 8.78 Å². The maximum absolute atomic E-state index is 12.4. The minimum absolute atomic E-state index is 0.142. The van der Waals surface area contributed by atoms with Gasteiger partial charge in [-0.15, -0.1) is 11.3 Å². The fraction of sp³-hybridized carbons (Fsp3) is 0.333. The number of carbonyl (C=O) groups is 1. The van der Waals surface area contributed by atoms with Crippen molar-refractivity contribution in [2.45, 2.75) is 19.1 Å². The summed E-state index contributed by atoms with van der Waals surface area (Å²) in [5.74, 6) is -0.294. The minimum atomic E-state index is -2.83. The van der Waals surface area contributed by atoms with E-state index in [-0.39, 0.29) is 18.1 Å². The molecule has 128 valence electrons. The molecule has 1 aliphatic rings. The number of aromatic nitrogens is 1. The van der Waals surface area contributed by atoms with Crippen molar-refractivity contribution in [3.63, 3.8) is 0 Å². The number of hydrogen-bond acceptors (Lipinski definition) is 4. The Labute approximate surface area is 151 Å². The van der Waals surface area contributed by atoms with Gasteiger partial charge in [0.15, 0.2) is 0 Å². The molecule has 0 N–H and O–H groups in total. The van der Waals surface area contributed by atoms with Crippen molar-refractivity contribution in [3.05, 3.63) is 39.3 Å². The monoisotopic (exact) mass is 392 g/mol. The lowest BCUT2D eigenvalue weighted by Crippen LogP contribution is -2.30. The molecule has 0 spiro atoms. The van der Waals surface area contributed by atoms with E-state index in [2.05, 4.69) is 9.72 Å². The number of hydrogen-bond donors (Lipinski definition) is 0. The first-order chi connectivity index (χ1) is 11.4. The number of rotatable bonds is 4. The number of likely N-dealkylation sites (tertiary alicyclic amines) is 1. The molecule has 3 rings (SSSR count). The van der Waals surface area contributed by atoms with Gasteiger partial charge in [-0.1, -0.05) is 29.3 Å². The van der Waals surface area contributed by atoms with E-state index in [1.165, 1.54) is 16.2 Å². The van der Waals surface area contributed by atoms with Gasteiger partial charge in [0.2, 0.25) is 0 Å². The molecule has 0 saturated carbocycles. The molecule has 2 heterocycles. The van der Waals surface area contributed by atoms with Gasteiger partial charge in [-0.25, -0.2) is 4.98 Å². The number of ether oxygens (including phenoxy) is 1. The van der Waals surface area contributed by atoms with Gasteiger partial charge in [0.25, 0.3) is 5.91 Å². The molecule has 0 radical (unpaired) electrons. The maximum atomic E-state index is 12.4. The first-order valence-electron chi connectivity index (χ1n) is 7.08. The number of halogens is 4. The molecule has 1 saturated heterocycles. The van der Waals surface area contributed by atoms with Gasteiger partial charge in [0.05, 0.1) is 16.1 Å². The molecule has 9 heteroatoms. The Morgan fingerprint density at radius 3 is 2.88 bits per heavy atom. The van der Waals surface area contributed by atoms with Gasteiger partial charge in [-0.2, -0.15) is 8.78 Å². The molecular formula is C15H12Cl2F2N2O2S.